The summed E-state index contributed by atoms with van der Waals surface area (Å²) in [6.45, 7) is 0. The van der Waals surface area contributed by atoms with Crippen molar-refractivity contribution < 1.29 is 13.2 Å². The second-order valence-electron chi connectivity index (χ2n) is 5.07. The highest BCUT2D eigenvalue weighted by Crippen LogP contribution is 2.36. The van der Waals surface area contributed by atoms with Crippen LogP contribution in [0.1, 0.15) is 5.56 Å². The molecule has 128 valence electrons. The largest absolute Gasteiger partial charge is 0.417 e. The van der Waals surface area contributed by atoms with E-state index >= 15 is 0 Å². The number of nitrogens with zero attached hydrogens (tertiary/aromatic N) is 2. The van der Waals surface area contributed by atoms with Crippen molar-refractivity contribution in [1.29, 1.82) is 0 Å². The first-order valence-corrected chi connectivity index (χ1v) is 7.58. The lowest BCUT2D eigenvalue weighted by molar-refractivity contribution is -0.137. The number of para-hydroxylation sites is 1. The third-order valence-corrected chi connectivity index (χ3v) is 3.56. The maximum Gasteiger partial charge on any atom is 0.417 e. The van der Waals surface area contributed by atoms with Gasteiger partial charge in [0.25, 0.3) is 0 Å². The van der Waals surface area contributed by atoms with Gasteiger partial charge in [0.2, 0.25) is 5.95 Å². The van der Waals surface area contributed by atoms with Gasteiger partial charge in [0.15, 0.2) is 0 Å². The summed E-state index contributed by atoms with van der Waals surface area (Å²) < 4.78 is 38.8. The van der Waals surface area contributed by atoms with Crippen LogP contribution in [0.15, 0.2) is 60.8 Å². The van der Waals surface area contributed by atoms with Gasteiger partial charge >= 0.3 is 6.18 Å². The summed E-state index contributed by atoms with van der Waals surface area (Å²) in [5.74, 6) is 0.671. The van der Waals surface area contributed by atoms with Crippen LogP contribution in [0.25, 0.3) is 0 Å². The molecular formula is C17H12ClF3N4. The summed E-state index contributed by atoms with van der Waals surface area (Å²) >= 11 is 5.62. The standard InChI is InChI=1S/C17H12ClF3N4/c18-14-7-6-12(10-13(14)17(19,20)21)23-15-8-9-22-16(25-15)24-11-4-2-1-3-5-11/h1-10H,(H2,22,23,24,25). The fourth-order valence-corrected chi connectivity index (χ4v) is 2.33. The van der Waals surface area contributed by atoms with Crippen molar-refractivity contribution in [3.63, 3.8) is 0 Å². The number of halogens is 4. The highest BCUT2D eigenvalue weighted by atomic mass is 35.5. The predicted octanol–water partition coefficient (Wildman–Crippen LogP) is 5.64. The van der Waals surface area contributed by atoms with E-state index < -0.39 is 11.7 Å². The van der Waals surface area contributed by atoms with E-state index in [-0.39, 0.29) is 10.7 Å². The Bertz CT molecular complexity index is 869. The molecule has 0 aliphatic rings. The second kappa shape index (κ2) is 6.98. The molecule has 1 aromatic heterocycles. The molecule has 0 saturated carbocycles. The second-order valence-corrected chi connectivity index (χ2v) is 5.48. The van der Waals surface area contributed by atoms with Crippen LogP contribution in [0.3, 0.4) is 0 Å². The Hall–Kier alpha value is -2.80. The number of nitrogens with one attached hydrogen (secondary N) is 2. The van der Waals surface area contributed by atoms with Crippen LogP contribution in [-0.4, -0.2) is 9.97 Å². The zero-order valence-electron chi connectivity index (χ0n) is 12.7. The molecule has 0 aliphatic heterocycles. The molecule has 2 aromatic carbocycles. The number of aromatic nitrogens is 2. The molecule has 1 heterocycles. The van der Waals surface area contributed by atoms with Crippen LogP contribution in [0, 0.1) is 0 Å². The van der Waals surface area contributed by atoms with E-state index in [0.717, 1.165) is 11.8 Å². The summed E-state index contributed by atoms with van der Waals surface area (Å²) in [6.07, 6.45) is -3.03. The summed E-state index contributed by atoms with van der Waals surface area (Å²) in [4.78, 5) is 8.31. The van der Waals surface area contributed by atoms with Crippen LogP contribution in [0.2, 0.25) is 5.02 Å². The van der Waals surface area contributed by atoms with Gasteiger partial charge in [-0.25, -0.2) is 4.98 Å². The average molecular weight is 365 g/mol. The Balaban J connectivity index is 1.81. The van der Waals surface area contributed by atoms with Crippen LogP contribution in [0.5, 0.6) is 0 Å². The van der Waals surface area contributed by atoms with E-state index in [0.29, 0.717) is 11.8 Å². The number of rotatable bonds is 4. The average Bonchev–Trinajstić information content (AvgIpc) is 2.57. The van der Waals surface area contributed by atoms with Crippen LogP contribution in [0.4, 0.5) is 36.3 Å². The Morgan fingerprint density at radius 2 is 1.64 bits per heavy atom. The minimum absolute atomic E-state index is 0.223. The fourth-order valence-electron chi connectivity index (χ4n) is 2.11. The third-order valence-electron chi connectivity index (χ3n) is 3.23. The van der Waals surface area contributed by atoms with Crippen molar-refractivity contribution >= 4 is 34.7 Å². The number of benzene rings is 2. The van der Waals surface area contributed by atoms with Gasteiger partial charge in [-0.3, -0.25) is 0 Å². The quantitative estimate of drug-likeness (QED) is 0.629. The van der Waals surface area contributed by atoms with Gasteiger partial charge in [-0.15, -0.1) is 0 Å². The molecule has 4 nitrogen and oxygen atoms in total. The van der Waals surface area contributed by atoms with Crippen molar-refractivity contribution in [2.45, 2.75) is 6.18 Å². The lowest BCUT2D eigenvalue weighted by Gasteiger charge is -2.12. The summed E-state index contributed by atoms with van der Waals surface area (Å²) in [7, 11) is 0. The highest BCUT2D eigenvalue weighted by molar-refractivity contribution is 6.31. The van der Waals surface area contributed by atoms with E-state index in [1.165, 1.54) is 18.3 Å². The van der Waals surface area contributed by atoms with Gasteiger partial charge in [-0.05, 0) is 36.4 Å². The fraction of sp³-hybridized carbons (Fsp3) is 0.0588. The molecule has 0 unspecified atom stereocenters. The van der Waals surface area contributed by atoms with Crippen molar-refractivity contribution in [3.05, 3.63) is 71.4 Å². The maximum absolute atomic E-state index is 12.9. The zero-order valence-corrected chi connectivity index (χ0v) is 13.4. The topological polar surface area (TPSA) is 49.8 Å². The van der Waals surface area contributed by atoms with Crippen LogP contribution >= 0.6 is 11.6 Å². The molecule has 0 spiro atoms. The van der Waals surface area contributed by atoms with Gasteiger partial charge < -0.3 is 10.6 Å². The molecule has 0 saturated heterocycles. The van der Waals surface area contributed by atoms with Crippen molar-refractivity contribution in [2.24, 2.45) is 0 Å². The molecule has 0 fully saturated rings. The number of hydrogen-bond acceptors (Lipinski definition) is 4. The minimum Gasteiger partial charge on any atom is -0.340 e. The molecule has 25 heavy (non-hydrogen) atoms. The summed E-state index contributed by atoms with van der Waals surface area (Å²) in [5.41, 5.74) is 0.113. The molecule has 3 aromatic rings. The Morgan fingerprint density at radius 3 is 2.36 bits per heavy atom. The van der Waals surface area contributed by atoms with E-state index in [2.05, 4.69) is 20.6 Å². The normalized spacial score (nSPS) is 11.2. The Morgan fingerprint density at radius 1 is 0.880 bits per heavy atom. The van der Waals surface area contributed by atoms with Gasteiger partial charge in [-0.2, -0.15) is 18.2 Å². The van der Waals surface area contributed by atoms with Crippen molar-refractivity contribution in [3.8, 4) is 0 Å². The van der Waals surface area contributed by atoms with Gasteiger partial charge in [0.05, 0.1) is 10.6 Å². The van der Waals surface area contributed by atoms with E-state index in [1.807, 2.05) is 30.3 Å². The molecule has 3 rings (SSSR count). The molecule has 0 atom stereocenters. The van der Waals surface area contributed by atoms with Gasteiger partial charge in [0, 0.05) is 17.6 Å². The molecule has 0 bridgehead atoms. The summed E-state index contributed by atoms with van der Waals surface area (Å²) in [5, 5.41) is 5.48. The molecule has 8 heteroatoms. The summed E-state index contributed by atoms with van der Waals surface area (Å²) in [6, 6.07) is 14.4. The lowest BCUT2D eigenvalue weighted by atomic mass is 10.2. The van der Waals surface area contributed by atoms with Crippen molar-refractivity contribution in [1.82, 2.24) is 9.97 Å². The molecule has 0 amide bonds. The first-order valence-electron chi connectivity index (χ1n) is 7.21. The zero-order chi connectivity index (χ0) is 17.9. The molecule has 0 radical (unpaired) electrons. The smallest absolute Gasteiger partial charge is 0.340 e. The first kappa shape index (κ1) is 17.0. The molecule has 2 N–H and O–H groups in total. The lowest BCUT2D eigenvalue weighted by Crippen LogP contribution is -2.07. The van der Waals surface area contributed by atoms with Crippen molar-refractivity contribution in [2.75, 3.05) is 10.6 Å². The van der Waals surface area contributed by atoms with E-state index in [4.69, 9.17) is 11.6 Å². The number of anilines is 4. The minimum atomic E-state index is -4.53. The van der Waals surface area contributed by atoms with E-state index in [1.54, 1.807) is 6.07 Å². The predicted molar refractivity (Wildman–Crippen MR) is 91.5 cm³/mol. The van der Waals surface area contributed by atoms with Gasteiger partial charge in [-0.1, -0.05) is 29.8 Å². The third kappa shape index (κ3) is 4.39. The molecular weight excluding hydrogens is 353 g/mol. The monoisotopic (exact) mass is 364 g/mol. The van der Waals surface area contributed by atoms with Crippen LogP contribution < -0.4 is 10.6 Å². The first-order chi connectivity index (χ1) is 11.9. The van der Waals surface area contributed by atoms with Crippen LogP contribution in [-0.2, 0) is 6.18 Å². The Kier molecular flexibility index (Phi) is 4.76. The highest BCUT2D eigenvalue weighted by Gasteiger charge is 2.33. The number of alkyl halides is 3. The molecule has 0 aliphatic carbocycles. The maximum atomic E-state index is 12.9. The van der Waals surface area contributed by atoms with Gasteiger partial charge in [0.1, 0.15) is 5.82 Å². The SMILES string of the molecule is FC(F)(F)c1cc(Nc2ccnc(Nc3ccccc3)n2)ccc1Cl. The number of hydrogen-bond donors (Lipinski definition) is 2. The Labute approximate surface area is 146 Å². The van der Waals surface area contributed by atoms with E-state index in [9.17, 15) is 13.2 Å².